The zero-order valence-electron chi connectivity index (χ0n) is 13.7. The largest absolute Gasteiger partial charge is 0.495 e. The van der Waals surface area contributed by atoms with Crippen molar-refractivity contribution in [1.29, 1.82) is 0 Å². The lowest BCUT2D eigenvalue weighted by Crippen LogP contribution is -2.14. The molecule has 0 fully saturated rings. The van der Waals surface area contributed by atoms with Crippen LogP contribution in [-0.4, -0.2) is 23.9 Å². The molecule has 2 N–H and O–H groups in total. The van der Waals surface area contributed by atoms with Gasteiger partial charge in [0.15, 0.2) is 5.69 Å². The highest BCUT2D eigenvalue weighted by Gasteiger charge is 2.15. The third-order valence-electron chi connectivity index (χ3n) is 3.40. The average molecular weight is 372 g/mol. The number of rotatable bonds is 5. The molecule has 3 aromatic rings. The molecule has 0 aliphatic rings. The third kappa shape index (κ3) is 4.01. The van der Waals surface area contributed by atoms with Crippen molar-refractivity contribution < 1.29 is 18.7 Å². The minimum Gasteiger partial charge on any atom is -0.495 e. The number of hydrogen-bond acceptors (Lipinski definition) is 5. The minimum absolute atomic E-state index is 0.0142. The fourth-order valence-corrected chi connectivity index (χ4v) is 2.39. The van der Waals surface area contributed by atoms with Crippen molar-refractivity contribution in [3.63, 3.8) is 0 Å². The average Bonchev–Trinajstić information content (AvgIpc) is 3.11. The zero-order chi connectivity index (χ0) is 18.5. The van der Waals surface area contributed by atoms with E-state index in [0.29, 0.717) is 22.0 Å². The molecule has 0 radical (unpaired) electrons. The Hall–Kier alpha value is -3.32. The summed E-state index contributed by atoms with van der Waals surface area (Å²) >= 11 is 6.02. The smallest absolute Gasteiger partial charge is 0.302 e. The van der Waals surface area contributed by atoms with E-state index in [-0.39, 0.29) is 17.6 Å². The third-order valence-corrected chi connectivity index (χ3v) is 3.70. The Kier molecular flexibility index (Phi) is 5.19. The first kappa shape index (κ1) is 17.5. The Morgan fingerprint density at radius 1 is 1.08 bits per heavy atom. The van der Waals surface area contributed by atoms with Crippen LogP contribution >= 0.6 is 11.6 Å². The molecule has 7 nitrogen and oxygen atoms in total. The molecular weight excluding hydrogens is 358 g/mol. The maximum Gasteiger partial charge on any atom is 0.302 e. The summed E-state index contributed by atoms with van der Waals surface area (Å²) in [7, 11) is 1.50. The first-order chi connectivity index (χ1) is 12.6. The normalized spacial score (nSPS) is 10.2. The van der Waals surface area contributed by atoms with Crippen LogP contribution in [0, 0.1) is 0 Å². The van der Waals surface area contributed by atoms with Gasteiger partial charge in [0.1, 0.15) is 12.0 Å². The number of carbonyl (C=O) groups is 2. The van der Waals surface area contributed by atoms with Gasteiger partial charge >= 0.3 is 6.01 Å². The van der Waals surface area contributed by atoms with E-state index in [4.69, 9.17) is 20.8 Å². The molecule has 0 atom stereocenters. The second kappa shape index (κ2) is 7.71. The van der Waals surface area contributed by atoms with E-state index >= 15 is 0 Å². The first-order valence-electron chi connectivity index (χ1n) is 7.53. The first-order valence-corrected chi connectivity index (χ1v) is 7.91. The standard InChI is InChI=1S/C18H14ClN3O4/c1-25-15-8-7-12(9-13(15)19)20-17(24)14-10-26-18(21-14)22-16(23)11-5-3-2-4-6-11/h2-10H,1H3,(H,20,24)(H,21,22,23). The highest BCUT2D eigenvalue weighted by Crippen LogP contribution is 2.27. The number of amides is 2. The van der Waals surface area contributed by atoms with Crippen LogP contribution in [0.25, 0.3) is 0 Å². The van der Waals surface area contributed by atoms with Gasteiger partial charge in [-0.05, 0) is 30.3 Å². The van der Waals surface area contributed by atoms with Crippen LogP contribution in [0.3, 0.4) is 0 Å². The van der Waals surface area contributed by atoms with Crippen molar-refractivity contribution in [2.75, 3.05) is 17.7 Å². The topological polar surface area (TPSA) is 93.5 Å². The molecule has 8 heteroatoms. The summed E-state index contributed by atoms with van der Waals surface area (Å²) in [6, 6.07) is 13.3. The number of anilines is 2. The van der Waals surface area contributed by atoms with Gasteiger partial charge in [-0.25, -0.2) is 0 Å². The second-order valence-corrected chi connectivity index (χ2v) is 5.57. The maximum atomic E-state index is 12.2. The predicted molar refractivity (Wildman–Crippen MR) is 96.9 cm³/mol. The summed E-state index contributed by atoms with van der Waals surface area (Å²) in [6.07, 6.45) is 1.15. The SMILES string of the molecule is COc1ccc(NC(=O)c2coc(NC(=O)c3ccccc3)n2)cc1Cl. The molecule has 0 aliphatic heterocycles. The Balaban J connectivity index is 1.66. The van der Waals surface area contributed by atoms with Gasteiger partial charge < -0.3 is 14.5 Å². The number of nitrogens with zero attached hydrogens (tertiary/aromatic N) is 1. The summed E-state index contributed by atoms with van der Waals surface area (Å²) < 4.78 is 10.2. The highest BCUT2D eigenvalue weighted by molar-refractivity contribution is 6.32. The summed E-state index contributed by atoms with van der Waals surface area (Å²) in [5.74, 6) is -0.395. The van der Waals surface area contributed by atoms with Gasteiger partial charge in [0.05, 0.1) is 12.1 Å². The van der Waals surface area contributed by atoms with E-state index in [9.17, 15) is 9.59 Å². The lowest BCUT2D eigenvalue weighted by molar-refractivity contribution is 0.101. The molecule has 0 bridgehead atoms. The Morgan fingerprint density at radius 2 is 1.85 bits per heavy atom. The number of nitrogens with one attached hydrogen (secondary N) is 2. The number of oxazole rings is 1. The van der Waals surface area contributed by atoms with Gasteiger partial charge in [0.25, 0.3) is 11.8 Å². The van der Waals surface area contributed by atoms with Gasteiger partial charge in [0.2, 0.25) is 0 Å². The highest BCUT2D eigenvalue weighted by atomic mass is 35.5. The van der Waals surface area contributed by atoms with Gasteiger partial charge in [0, 0.05) is 11.3 Å². The van der Waals surface area contributed by atoms with Crippen molar-refractivity contribution in [3.05, 3.63) is 71.1 Å². The molecule has 0 saturated carbocycles. The lowest BCUT2D eigenvalue weighted by atomic mass is 10.2. The minimum atomic E-state index is -0.504. The zero-order valence-corrected chi connectivity index (χ0v) is 14.4. The molecule has 132 valence electrons. The van der Waals surface area contributed by atoms with Crippen LogP contribution in [-0.2, 0) is 0 Å². The Bertz CT molecular complexity index is 941. The van der Waals surface area contributed by atoms with Crippen molar-refractivity contribution in [2.24, 2.45) is 0 Å². The van der Waals surface area contributed by atoms with Crippen LogP contribution in [0.4, 0.5) is 11.7 Å². The predicted octanol–water partition coefficient (Wildman–Crippen LogP) is 3.84. The molecule has 0 spiro atoms. The number of carbonyl (C=O) groups excluding carboxylic acids is 2. The number of hydrogen-bond donors (Lipinski definition) is 2. The van der Waals surface area contributed by atoms with Crippen LogP contribution in [0.5, 0.6) is 5.75 Å². The van der Waals surface area contributed by atoms with Gasteiger partial charge in [-0.1, -0.05) is 29.8 Å². The summed E-state index contributed by atoms with van der Waals surface area (Å²) in [6.45, 7) is 0. The van der Waals surface area contributed by atoms with E-state index in [1.54, 1.807) is 48.5 Å². The van der Waals surface area contributed by atoms with Crippen molar-refractivity contribution >= 4 is 35.1 Å². The second-order valence-electron chi connectivity index (χ2n) is 5.16. The fraction of sp³-hybridized carbons (Fsp3) is 0.0556. The number of aromatic nitrogens is 1. The van der Waals surface area contributed by atoms with E-state index in [2.05, 4.69) is 15.6 Å². The number of benzene rings is 2. The van der Waals surface area contributed by atoms with Crippen LogP contribution in [0.15, 0.2) is 59.2 Å². The molecule has 1 heterocycles. The van der Waals surface area contributed by atoms with E-state index in [1.165, 1.54) is 7.11 Å². The number of methoxy groups -OCH3 is 1. The molecule has 1 aromatic heterocycles. The number of ether oxygens (including phenoxy) is 1. The molecule has 0 aliphatic carbocycles. The van der Waals surface area contributed by atoms with Crippen LogP contribution in [0.2, 0.25) is 5.02 Å². The van der Waals surface area contributed by atoms with Crippen molar-refractivity contribution in [3.8, 4) is 5.75 Å². The van der Waals surface area contributed by atoms with E-state index in [0.717, 1.165) is 6.26 Å². The molecular formula is C18H14ClN3O4. The van der Waals surface area contributed by atoms with Gasteiger partial charge in [-0.15, -0.1) is 0 Å². The molecule has 26 heavy (non-hydrogen) atoms. The molecule has 2 aromatic carbocycles. The molecule has 0 saturated heterocycles. The lowest BCUT2D eigenvalue weighted by Gasteiger charge is -2.06. The summed E-state index contributed by atoms with van der Waals surface area (Å²) in [4.78, 5) is 28.2. The van der Waals surface area contributed by atoms with Crippen LogP contribution < -0.4 is 15.4 Å². The van der Waals surface area contributed by atoms with E-state index in [1.807, 2.05) is 0 Å². The van der Waals surface area contributed by atoms with Gasteiger partial charge in [-0.2, -0.15) is 4.98 Å². The van der Waals surface area contributed by atoms with Gasteiger partial charge in [-0.3, -0.25) is 14.9 Å². The molecule has 3 rings (SSSR count). The Labute approximate surface area is 153 Å². The van der Waals surface area contributed by atoms with Crippen molar-refractivity contribution in [1.82, 2.24) is 4.98 Å². The molecule has 0 unspecified atom stereocenters. The van der Waals surface area contributed by atoms with Crippen LogP contribution in [0.1, 0.15) is 20.8 Å². The number of halogens is 1. The summed E-state index contributed by atoms with van der Waals surface area (Å²) in [5.41, 5.74) is 0.934. The quantitative estimate of drug-likeness (QED) is 0.710. The monoisotopic (exact) mass is 371 g/mol. The summed E-state index contributed by atoms with van der Waals surface area (Å²) in [5, 5.41) is 5.48. The fourth-order valence-electron chi connectivity index (χ4n) is 2.13. The maximum absolute atomic E-state index is 12.2. The molecule has 2 amide bonds. The Morgan fingerprint density at radius 3 is 2.54 bits per heavy atom. The van der Waals surface area contributed by atoms with Crippen molar-refractivity contribution in [2.45, 2.75) is 0 Å². The van der Waals surface area contributed by atoms with E-state index < -0.39 is 5.91 Å².